The number of benzene rings is 1. The number of phenols is 1. The van der Waals surface area contributed by atoms with Crippen molar-refractivity contribution in [3.05, 3.63) is 18.2 Å². The summed E-state index contributed by atoms with van der Waals surface area (Å²) in [7, 11) is 0. The summed E-state index contributed by atoms with van der Waals surface area (Å²) in [6.45, 7) is -0.0498. The molecule has 0 aromatic heterocycles. The number of hydrogen-bond acceptors (Lipinski definition) is 4. The lowest BCUT2D eigenvalue weighted by Crippen LogP contribution is -2.36. The highest BCUT2D eigenvalue weighted by Gasteiger charge is 2.26. The maximum atomic E-state index is 10.6. The SMILES string of the molecule is O=C(O)C1COc2cc(O)ccc2O1. The average Bonchev–Trinajstić information content (AvgIpc) is 2.16. The Balaban J connectivity index is 2.27. The van der Waals surface area contributed by atoms with Gasteiger partial charge in [0.2, 0.25) is 6.10 Å². The van der Waals surface area contributed by atoms with Crippen LogP contribution < -0.4 is 9.47 Å². The number of ether oxygens (including phenoxy) is 2. The van der Waals surface area contributed by atoms with E-state index in [9.17, 15) is 4.79 Å². The van der Waals surface area contributed by atoms with Gasteiger partial charge in [-0.15, -0.1) is 0 Å². The molecule has 5 heteroatoms. The highest BCUT2D eigenvalue weighted by molar-refractivity contribution is 5.73. The van der Waals surface area contributed by atoms with Gasteiger partial charge in [0.15, 0.2) is 11.5 Å². The van der Waals surface area contributed by atoms with Crippen LogP contribution in [0.4, 0.5) is 0 Å². The molecule has 0 saturated carbocycles. The van der Waals surface area contributed by atoms with Crippen LogP contribution in [0.25, 0.3) is 0 Å². The van der Waals surface area contributed by atoms with Crippen LogP contribution in [-0.2, 0) is 4.79 Å². The minimum atomic E-state index is -1.07. The van der Waals surface area contributed by atoms with E-state index in [-0.39, 0.29) is 12.4 Å². The lowest BCUT2D eigenvalue weighted by molar-refractivity contribution is -0.147. The third kappa shape index (κ3) is 1.44. The van der Waals surface area contributed by atoms with E-state index in [2.05, 4.69) is 0 Å². The molecule has 0 amide bonds. The smallest absolute Gasteiger partial charge is 0.348 e. The molecule has 0 aliphatic carbocycles. The van der Waals surface area contributed by atoms with Crippen LogP contribution >= 0.6 is 0 Å². The van der Waals surface area contributed by atoms with Crippen molar-refractivity contribution in [3.8, 4) is 17.2 Å². The van der Waals surface area contributed by atoms with Crippen LogP contribution in [-0.4, -0.2) is 28.9 Å². The van der Waals surface area contributed by atoms with Gasteiger partial charge in [-0.3, -0.25) is 0 Å². The summed E-state index contributed by atoms with van der Waals surface area (Å²) in [4.78, 5) is 10.6. The lowest BCUT2D eigenvalue weighted by atomic mass is 10.2. The zero-order valence-corrected chi connectivity index (χ0v) is 7.14. The molecule has 0 bridgehead atoms. The summed E-state index contributed by atoms with van der Waals surface area (Å²) in [5.74, 6) is -0.311. The Bertz CT molecular complexity index is 373. The molecule has 1 aromatic carbocycles. The number of phenolic OH excluding ortho intramolecular Hbond substituents is 1. The first kappa shape index (κ1) is 8.68. The normalized spacial score (nSPS) is 19.0. The van der Waals surface area contributed by atoms with Gasteiger partial charge in [0.1, 0.15) is 12.4 Å². The summed E-state index contributed by atoms with van der Waals surface area (Å²) < 4.78 is 10.2. The highest BCUT2D eigenvalue weighted by atomic mass is 16.6. The zero-order valence-electron chi connectivity index (χ0n) is 7.14. The third-order valence-electron chi connectivity index (χ3n) is 1.86. The summed E-state index contributed by atoms with van der Waals surface area (Å²) in [6, 6.07) is 4.26. The molecule has 2 rings (SSSR count). The van der Waals surface area contributed by atoms with Crippen molar-refractivity contribution in [2.75, 3.05) is 6.61 Å². The predicted octanol–water partition coefficient (Wildman–Crippen LogP) is 0.617. The van der Waals surface area contributed by atoms with E-state index in [4.69, 9.17) is 19.7 Å². The minimum absolute atomic E-state index is 0.0498. The number of aliphatic carboxylic acids is 1. The van der Waals surface area contributed by atoms with Gasteiger partial charge in [0, 0.05) is 6.07 Å². The first-order valence-corrected chi connectivity index (χ1v) is 4.02. The molecular formula is C9H8O5. The number of carboxylic acids is 1. The number of fused-ring (bicyclic) bond motifs is 1. The zero-order chi connectivity index (χ0) is 10.1. The molecule has 1 heterocycles. The predicted molar refractivity (Wildman–Crippen MR) is 45.7 cm³/mol. The maximum absolute atomic E-state index is 10.6. The Morgan fingerprint density at radius 3 is 2.93 bits per heavy atom. The Hall–Kier alpha value is -1.91. The van der Waals surface area contributed by atoms with Crippen molar-refractivity contribution in [2.45, 2.75) is 6.10 Å². The van der Waals surface area contributed by atoms with Crippen LogP contribution in [0.2, 0.25) is 0 Å². The number of aromatic hydroxyl groups is 1. The number of rotatable bonds is 1. The van der Waals surface area contributed by atoms with Crippen molar-refractivity contribution in [1.29, 1.82) is 0 Å². The summed E-state index contributed by atoms with van der Waals surface area (Å²) in [5, 5.41) is 17.8. The standard InChI is InChI=1S/C9H8O5/c10-5-1-2-6-7(3-5)13-4-8(14-6)9(11)12/h1-3,8,10H,4H2,(H,11,12). The van der Waals surface area contributed by atoms with Crippen LogP contribution in [0.3, 0.4) is 0 Å². The van der Waals surface area contributed by atoms with Crippen molar-refractivity contribution in [3.63, 3.8) is 0 Å². The molecule has 74 valence electrons. The Labute approximate surface area is 79.5 Å². The highest BCUT2D eigenvalue weighted by Crippen LogP contribution is 2.34. The van der Waals surface area contributed by atoms with E-state index in [0.29, 0.717) is 11.5 Å². The first-order chi connectivity index (χ1) is 6.66. The topological polar surface area (TPSA) is 76.0 Å². The van der Waals surface area contributed by atoms with Gasteiger partial charge in [-0.05, 0) is 12.1 Å². The van der Waals surface area contributed by atoms with Crippen LogP contribution in [0.1, 0.15) is 0 Å². The maximum Gasteiger partial charge on any atom is 0.348 e. The van der Waals surface area contributed by atoms with Crippen molar-refractivity contribution in [1.82, 2.24) is 0 Å². The van der Waals surface area contributed by atoms with Gasteiger partial charge in [0.25, 0.3) is 0 Å². The van der Waals surface area contributed by atoms with E-state index in [1.165, 1.54) is 18.2 Å². The molecule has 1 aliphatic heterocycles. The summed E-state index contributed by atoms with van der Waals surface area (Å²) >= 11 is 0. The molecule has 0 radical (unpaired) electrons. The molecule has 2 N–H and O–H groups in total. The molecule has 0 fully saturated rings. The molecule has 14 heavy (non-hydrogen) atoms. The second-order valence-electron chi connectivity index (χ2n) is 2.89. The Kier molecular flexibility index (Phi) is 1.92. The third-order valence-corrected chi connectivity index (χ3v) is 1.86. The molecular weight excluding hydrogens is 188 g/mol. The van der Waals surface area contributed by atoms with Gasteiger partial charge in [-0.1, -0.05) is 0 Å². The second-order valence-corrected chi connectivity index (χ2v) is 2.89. The summed E-state index contributed by atoms with van der Waals surface area (Å²) in [5.41, 5.74) is 0. The summed E-state index contributed by atoms with van der Waals surface area (Å²) in [6.07, 6.45) is -0.980. The molecule has 1 aliphatic rings. The number of carboxylic acid groups (broad SMARTS) is 1. The van der Waals surface area contributed by atoms with Gasteiger partial charge < -0.3 is 19.7 Å². The fourth-order valence-corrected chi connectivity index (χ4v) is 1.18. The lowest BCUT2D eigenvalue weighted by Gasteiger charge is -2.23. The molecule has 5 nitrogen and oxygen atoms in total. The van der Waals surface area contributed by atoms with Crippen LogP contribution in [0, 0.1) is 0 Å². The van der Waals surface area contributed by atoms with Crippen LogP contribution in [0.5, 0.6) is 17.2 Å². The first-order valence-electron chi connectivity index (χ1n) is 4.02. The van der Waals surface area contributed by atoms with E-state index >= 15 is 0 Å². The molecule has 0 saturated heterocycles. The Morgan fingerprint density at radius 2 is 2.21 bits per heavy atom. The van der Waals surface area contributed by atoms with Gasteiger partial charge in [-0.2, -0.15) is 0 Å². The number of hydrogen-bond donors (Lipinski definition) is 2. The van der Waals surface area contributed by atoms with Gasteiger partial charge in [0.05, 0.1) is 0 Å². The number of carbonyl (C=O) groups is 1. The quantitative estimate of drug-likeness (QED) is 0.688. The fourth-order valence-electron chi connectivity index (χ4n) is 1.18. The average molecular weight is 196 g/mol. The largest absolute Gasteiger partial charge is 0.508 e. The van der Waals surface area contributed by atoms with Crippen molar-refractivity contribution < 1.29 is 24.5 Å². The van der Waals surface area contributed by atoms with Gasteiger partial charge >= 0.3 is 5.97 Å². The monoisotopic (exact) mass is 196 g/mol. The van der Waals surface area contributed by atoms with Gasteiger partial charge in [-0.25, -0.2) is 4.79 Å². The van der Waals surface area contributed by atoms with E-state index in [1.54, 1.807) is 0 Å². The molecule has 0 spiro atoms. The van der Waals surface area contributed by atoms with Crippen molar-refractivity contribution in [2.24, 2.45) is 0 Å². The molecule has 1 aromatic rings. The Morgan fingerprint density at radius 1 is 1.43 bits per heavy atom. The van der Waals surface area contributed by atoms with E-state index in [1.807, 2.05) is 0 Å². The van der Waals surface area contributed by atoms with E-state index in [0.717, 1.165) is 0 Å². The second kappa shape index (κ2) is 3.10. The molecule has 1 unspecified atom stereocenters. The minimum Gasteiger partial charge on any atom is -0.508 e. The van der Waals surface area contributed by atoms with E-state index < -0.39 is 12.1 Å². The van der Waals surface area contributed by atoms with Crippen LogP contribution in [0.15, 0.2) is 18.2 Å². The van der Waals surface area contributed by atoms with Crippen molar-refractivity contribution >= 4 is 5.97 Å². The molecule has 1 atom stereocenters. The fraction of sp³-hybridized carbons (Fsp3) is 0.222.